The minimum absolute atomic E-state index is 0.102. The standard InChI is InChI=1S/C19H20ClN5O3S2/c1-25-16(7-8-21-18(27)15-4-3-9-29-15)23-24-19(25)30-11-17(26)22-13-10-12(20)5-6-14(13)28-2/h3-6,9-10H,7-8,11H2,1-2H3,(H,21,27)(H,22,26). The van der Waals surface area contributed by atoms with Crippen molar-refractivity contribution in [3.05, 3.63) is 51.4 Å². The van der Waals surface area contributed by atoms with Gasteiger partial charge in [-0.15, -0.1) is 21.5 Å². The summed E-state index contributed by atoms with van der Waals surface area (Å²) in [5.41, 5.74) is 0.510. The fourth-order valence-corrected chi connectivity index (χ4v) is 4.11. The van der Waals surface area contributed by atoms with Gasteiger partial charge in [-0.05, 0) is 29.6 Å². The molecule has 0 saturated heterocycles. The zero-order chi connectivity index (χ0) is 21.5. The van der Waals surface area contributed by atoms with Gasteiger partial charge in [-0.2, -0.15) is 0 Å². The van der Waals surface area contributed by atoms with Crippen LogP contribution in [0.2, 0.25) is 5.02 Å². The number of thioether (sulfide) groups is 1. The third-order valence-electron chi connectivity index (χ3n) is 4.07. The third kappa shape index (κ3) is 5.74. The van der Waals surface area contributed by atoms with E-state index < -0.39 is 0 Å². The number of rotatable bonds is 9. The second-order valence-corrected chi connectivity index (χ2v) is 8.45. The highest BCUT2D eigenvalue weighted by molar-refractivity contribution is 7.99. The van der Waals surface area contributed by atoms with Gasteiger partial charge in [-0.25, -0.2) is 0 Å². The zero-order valence-corrected chi connectivity index (χ0v) is 18.7. The maximum Gasteiger partial charge on any atom is 0.261 e. The lowest BCUT2D eigenvalue weighted by Gasteiger charge is -2.10. The molecule has 0 spiro atoms. The maximum atomic E-state index is 12.3. The number of hydrogen-bond donors (Lipinski definition) is 2. The SMILES string of the molecule is COc1ccc(Cl)cc1NC(=O)CSc1nnc(CCNC(=O)c2cccs2)n1C. The van der Waals surface area contributed by atoms with Crippen LogP contribution in [0.25, 0.3) is 0 Å². The van der Waals surface area contributed by atoms with E-state index in [0.717, 1.165) is 5.82 Å². The van der Waals surface area contributed by atoms with Crippen molar-refractivity contribution in [3.8, 4) is 5.75 Å². The fourth-order valence-electron chi connectivity index (χ4n) is 2.57. The number of carbonyl (C=O) groups is 2. The van der Waals surface area contributed by atoms with E-state index in [1.807, 2.05) is 23.1 Å². The number of benzene rings is 1. The summed E-state index contributed by atoms with van der Waals surface area (Å²) in [6.45, 7) is 0.447. The average molecular weight is 466 g/mol. The number of aromatic nitrogens is 3. The molecule has 0 aliphatic rings. The largest absolute Gasteiger partial charge is 0.495 e. The zero-order valence-electron chi connectivity index (χ0n) is 16.3. The van der Waals surface area contributed by atoms with E-state index in [2.05, 4.69) is 20.8 Å². The summed E-state index contributed by atoms with van der Waals surface area (Å²) in [5, 5.41) is 16.9. The summed E-state index contributed by atoms with van der Waals surface area (Å²) < 4.78 is 7.04. The van der Waals surface area contributed by atoms with Crippen LogP contribution in [-0.4, -0.2) is 46.0 Å². The molecular weight excluding hydrogens is 446 g/mol. The minimum Gasteiger partial charge on any atom is -0.495 e. The van der Waals surface area contributed by atoms with Crippen LogP contribution in [0.5, 0.6) is 5.75 Å². The molecule has 0 saturated carbocycles. The van der Waals surface area contributed by atoms with Gasteiger partial charge < -0.3 is 19.9 Å². The quantitative estimate of drug-likeness (QED) is 0.471. The summed E-state index contributed by atoms with van der Waals surface area (Å²) in [5.74, 6) is 1.09. The summed E-state index contributed by atoms with van der Waals surface area (Å²) in [6, 6.07) is 8.63. The van der Waals surface area contributed by atoms with Crippen LogP contribution >= 0.6 is 34.7 Å². The molecule has 2 aromatic heterocycles. The maximum absolute atomic E-state index is 12.3. The molecule has 0 radical (unpaired) electrons. The fraction of sp³-hybridized carbons (Fsp3) is 0.263. The number of carbonyl (C=O) groups excluding carboxylic acids is 2. The van der Waals surface area contributed by atoms with Gasteiger partial charge in [0.25, 0.3) is 5.91 Å². The van der Waals surface area contributed by atoms with E-state index in [1.165, 1.54) is 30.2 Å². The monoisotopic (exact) mass is 465 g/mol. The average Bonchev–Trinajstić information content (AvgIpc) is 3.37. The number of nitrogens with one attached hydrogen (secondary N) is 2. The van der Waals surface area contributed by atoms with Crippen LogP contribution in [0.15, 0.2) is 40.9 Å². The highest BCUT2D eigenvalue weighted by Crippen LogP contribution is 2.28. The van der Waals surface area contributed by atoms with Crippen molar-refractivity contribution in [2.75, 3.05) is 24.7 Å². The highest BCUT2D eigenvalue weighted by Gasteiger charge is 2.14. The molecule has 158 valence electrons. The Labute approximate surface area is 187 Å². The molecule has 1 aromatic carbocycles. The highest BCUT2D eigenvalue weighted by atomic mass is 35.5. The van der Waals surface area contributed by atoms with Crippen LogP contribution in [0.4, 0.5) is 5.69 Å². The van der Waals surface area contributed by atoms with E-state index in [1.54, 1.807) is 24.3 Å². The molecule has 3 rings (SSSR count). The number of anilines is 1. The van der Waals surface area contributed by atoms with Crippen molar-refractivity contribution in [1.82, 2.24) is 20.1 Å². The van der Waals surface area contributed by atoms with Gasteiger partial charge in [0.15, 0.2) is 5.16 Å². The van der Waals surface area contributed by atoms with E-state index in [9.17, 15) is 9.59 Å². The first-order valence-corrected chi connectivity index (χ1v) is 11.2. The molecule has 2 heterocycles. The number of nitrogens with zero attached hydrogens (tertiary/aromatic N) is 3. The number of ether oxygens (including phenoxy) is 1. The number of hydrogen-bond acceptors (Lipinski definition) is 7. The van der Waals surface area contributed by atoms with Crippen molar-refractivity contribution in [3.63, 3.8) is 0 Å². The summed E-state index contributed by atoms with van der Waals surface area (Å²) in [4.78, 5) is 25.0. The van der Waals surface area contributed by atoms with Gasteiger partial charge in [-0.1, -0.05) is 29.4 Å². The Morgan fingerprint density at radius 2 is 2.13 bits per heavy atom. The Morgan fingerprint density at radius 3 is 2.87 bits per heavy atom. The van der Waals surface area contributed by atoms with Crippen LogP contribution in [0, 0.1) is 0 Å². The third-order valence-corrected chi connectivity index (χ3v) is 6.20. The smallest absolute Gasteiger partial charge is 0.261 e. The van der Waals surface area contributed by atoms with Crippen LogP contribution in [0.3, 0.4) is 0 Å². The minimum atomic E-state index is -0.215. The van der Waals surface area contributed by atoms with Crippen molar-refractivity contribution in [1.29, 1.82) is 0 Å². The molecule has 2 amide bonds. The van der Waals surface area contributed by atoms with Crippen molar-refractivity contribution < 1.29 is 14.3 Å². The van der Waals surface area contributed by atoms with Crippen LogP contribution in [-0.2, 0) is 18.3 Å². The molecule has 0 aliphatic heterocycles. The van der Waals surface area contributed by atoms with E-state index in [0.29, 0.717) is 39.5 Å². The van der Waals surface area contributed by atoms with E-state index in [4.69, 9.17) is 16.3 Å². The second-order valence-electron chi connectivity index (χ2n) is 6.12. The van der Waals surface area contributed by atoms with Gasteiger partial charge in [-0.3, -0.25) is 9.59 Å². The van der Waals surface area contributed by atoms with Crippen LogP contribution in [0.1, 0.15) is 15.5 Å². The topological polar surface area (TPSA) is 98.1 Å². The van der Waals surface area contributed by atoms with Gasteiger partial charge in [0, 0.05) is 25.0 Å². The Kier molecular flexibility index (Phi) is 7.72. The van der Waals surface area contributed by atoms with Crippen molar-refractivity contribution in [2.45, 2.75) is 11.6 Å². The lowest BCUT2D eigenvalue weighted by molar-refractivity contribution is -0.113. The van der Waals surface area contributed by atoms with E-state index >= 15 is 0 Å². The first-order valence-electron chi connectivity index (χ1n) is 8.94. The predicted octanol–water partition coefficient (Wildman–Crippen LogP) is 3.24. The molecule has 0 atom stereocenters. The lowest BCUT2D eigenvalue weighted by atomic mass is 10.3. The molecule has 0 aliphatic carbocycles. The molecule has 30 heavy (non-hydrogen) atoms. The Balaban J connectivity index is 1.49. The van der Waals surface area contributed by atoms with Crippen molar-refractivity contribution >= 4 is 52.2 Å². The first-order chi connectivity index (χ1) is 14.5. The molecule has 0 unspecified atom stereocenters. The lowest BCUT2D eigenvalue weighted by Crippen LogP contribution is -2.25. The molecule has 0 fully saturated rings. The summed E-state index contributed by atoms with van der Waals surface area (Å²) in [7, 11) is 3.36. The second kappa shape index (κ2) is 10.5. The van der Waals surface area contributed by atoms with Gasteiger partial charge in [0.05, 0.1) is 23.4 Å². The Bertz CT molecular complexity index is 1020. The Morgan fingerprint density at radius 1 is 1.30 bits per heavy atom. The van der Waals surface area contributed by atoms with Crippen molar-refractivity contribution in [2.24, 2.45) is 7.05 Å². The summed E-state index contributed by atoms with van der Waals surface area (Å²) in [6.07, 6.45) is 0.535. The number of thiophene rings is 1. The normalized spacial score (nSPS) is 10.6. The molecule has 0 bridgehead atoms. The molecule has 8 nitrogen and oxygen atoms in total. The first kappa shape index (κ1) is 22.1. The number of halogens is 1. The van der Waals surface area contributed by atoms with Gasteiger partial charge >= 0.3 is 0 Å². The van der Waals surface area contributed by atoms with Crippen LogP contribution < -0.4 is 15.4 Å². The molecule has 3 aromatic rings. The predicted molar refractivity (Wildman–Crippen MR) is 119 cm³/mol. The Hall–Kier alpha value is -2.56. The van der Waals surface area contributed by atoms with E-state index in [-0.39, 0.29) is 17.6 Å². The number of amides is 2. The van der Waals surface area contributed by atoms with Gasteiger partial charge in [0.2, 0.25) is 5.91 Å². The molecular formula is C19H20ClN5O3S2. The van der Waals surface area contributed by atoms with Gasteiger partial charge in [0.1, 0.15) is 11.6 Å². The molecule has 2 N–H and O–H groups in total. The number of methoxy groups -OCH3 is 1. The molecule has 11 heteroatoms. The summed E-state index contributed by atoms with van der Waals surface area (Å²) >= 11 is 8.65.